The normalized spacial score (nSPS) is 15.0. The first-order valence-electron chi connectivity index (χ1n) is 7.49. The second-order valence-electron chi connectivity index (χ2n) is 5.13. The lowest BCUT2D eigenvalue weighted by atomic mass is 10.1. The van der Waals surface area contributed by atoms with E-state index in [0.717, 1.165) is 37.6 Å². The molecule has 0 saturated heterocycles. The van der Waals surface area contributed by atoms with Crippen molar-refractivity contribution in [3.63, 3.8) is 0 Å². The minimum atomic E-state index is 0.645. The first-order valence-corrected chi connectivity index (χ1v) is 7.49. The molecule has 1 aliphatic rings. The van der Waals surface area contributed by atoms with Gasteiger partial charge in [-0.05, 0) is 50.3 Å². The highest BCUT2D eigenvalue weighted by Crippen LogP contribution is 2.18. The average molecular weight is 275 g/mol. The molecule has 0 amide bonds. The summed E-state index contributed by atoms with van der Waals surface area (Å²) in [5.74, 6) is 1.88. The SMILES string of the molecule is CCNC(=NCCCc1cccc(OC)c1)NC1CC1. The molecular weight excluding hydrogens is 250 g/mol. The summed E-state index contributed by atoms with van der Waals surface area (Å²) in [5, 5.41) is 6.72. The number of aliphatic imine (C=N–C) groups is 1. The van der Waals surface area contributed by atoms with Gasteiger partial charge in [0.15, 0.2) is 5.96 Å². The highest BCUT2D eigenvalue weighted by molar-refractivity contribution is 5.80. The average Bonchev–Trinajstić information content (AvgIpc) is 3.28. The fraction of sp³-hybridized carbons (Fsp3) is 0.562. The van der Waals surface area contributed by atoms with Crippen LogP contribution in [0.4, 0.5) is 0 Å². The smallest absolute Gasteiger partial charge is 0.191 e. The first kappa shape index (κ1) is 14.7. The van der Waals surface area contributed by atoms with E-state index in [4.69, 9.17) is 4.74 Å². The topological polar surface area (TPSA) is 45.7 Å². The van der Waals surface area contributed by atoms with Crippen LogP contribution >= 0.6 is 0 Å². The molecule has 0 aromatic heterocycles. The van der Waals surface area contributed by atoms with Gasteiger partial charge in [0.1, 0.15) is 5.75 Å². The van der Waals surface area contributed by atoms with E-state index in [1.165, 1.54) is 18.4 Å². The molecule has 1 saturated carbocycles. The third kappa shape index (κ3) is 5.11. The quantitative estimate of drug-likeness (QED) is 0.456. The van der Waals surface area contributed by atoms with Crippen molar-refractivity contribution in [2.75, 3.05) is 20.2 Å². The molecule has 0 spiro atoms. The van der Waals surface area contributed by atoms with Gasteiger partial charge < -0.3 is 15.4 Å². The molecule has 1 aromatic carbocycles. The Morgan fingerprint density at radius 1 is 1.40 bits per heavy atom. The lowest BCUT2D eigenvalue weighted by Crippen LogP contribution is -2.38. The Morgan fingerprint density at radius 3 is 2.95 bits per heavy atom. The number of methoxy groups -OCH3 is 1. The number of nitrogens with one attached hydrogen (secondary N) is 2. The van der Waals surface area contributed by atoms with Crippen LogP contribution in [0.3, 0.4) is 0 Å². The Labute approximate surface area is 121 Å². The zero-order chi connectivity index (χ0) is 14.2. The number of hydrogen-bond acceptors (Lipinski definition) is 2. The van der Waals surface area contributed by atoms with Crippen LogP contribution in [0, 0.1) is 0 Å². The molecule has 0 aliphatic heterocycles. The van der Waals surface area contributed by atoms with Crippen LogP contribution in [-0.4, -0.2) is 32.2 Å². The lowest BCUT2D eigenvalue weighted by Gasteiger charge is -2.10. The third-order valence-corrected chi connectivity index (χ3v) is 3.29. The van der Waals surface area contributed by atoms with Gasteiger partial charge in [0.05, 0.1) is 7.11 Å². The van der Waals surface area contributed by atoms with Crippen LogP contribution in [0.25, 0.3) is 0 Å². The Bertz CT molecular complexity index is 441. The van der Waals surface area contributed by atoms with E-state index in [1.54, 1.807) is 7.11 Å². The van der Waals surface area contributed by atoms with Crippen LogP contribution in [0.15, 0.2) is 29.3 Å². The monoisotopic (exact) mass is 275 g/mol. The van der Waals surface area contributed by atoms with E-state index in [0.29, 0.717) is 6.04 Å². The van der Waals surface area contributed by atoms with Gasteiger partial charge in [0, 0.05) is 19.1 Å². The maximum Gasteiger partial charge on any atom is 0.191 e. The summed E-state index contributed by atoms with van der Waals surface area (Å²) in [4.78, 5) is 4.61. The molecule has 0 atom stereocenters. The van der Waals surface area contributed by atoms with Crippen LogP contribution in [0.5, 0.6) is 5.75 Å². The summed E-state index contributed by atoms with van der Waals surface area (Å²) in [6.07, 6.45) is 4.63. The van der Waals surface area contributed by atoms with Crippen LogP contribution in [-0.2, 0) is 6.42 Å². The fourth-order valence-corrected chi connectivity index (χ4v) is 2.04. The minimum absolute atomic E-state index is 0.645. The Balaban J connectivity index is 1.75. The van der Waals surface area contributed by atoms with E-state index in [2.05, 4.69) is 34.7 Å². The second kappa shape index (κ2) is 7.78. The summed E-state index contributed by atoms with van der Waals surface area (Å²) in [5.41, 5.74) is 1.31. The predicted molar refractivity (Wildman–Crippen MR) is 83.5 cm³/mol. The van der Waals surface area contributed by atoms with E-state index >= 15 is 0 Å². The van der Waals surface area contributed by atoms with Gasteiger partial charge in [-0.15, -0.1) is 0 Å². The molecule has 2 N–H and O–H groups in total. The zero-order valence-electron chi connectivity index (χ0n) is 12.5. The molecule has 1 fully saturated rings. The number of benzene rings is 1. The number of nitrogens with zero attached hydrogens (tertiary/aromatic N) is 1. The van der Waals surface area contributed by atoms with Crippen molar-refractivity contribution in [2.24, 2.45) is 4.99 Å². The Morgan fingerprint density at radius 2 is 2.25 bits per heavy atom. The van der Waals surface area contributed by atoms with Gasteiger partial charge in [-0.1, -0.05) is 12.1 Å². The predicted octanol–water partition coefficient (Wildman–Crippen LogP) is 2.35. The van der Waals surface area contributed by atoms with Crippen molar-refractivity contribution in [3.05, 3.63) is 29.8 Å². The van der Waals surface area contributed by atoms with Crippen molar-refractivity contribution in [2.45, 2.75) is 38.6 Å². The molecule has 110 valence electrons. The van der Waals surface area contributed by atoms with Crippen molar-refractivity contribution in [1.29, 1.82) is 0 Å². The van der Waals surface area contributed by atoms with Crippen LogP contribution in [0.2, 0.25) is 0 Å². The van der Waals surface area contributed by atoms with Crippen molar-refractivity contribution < 1.29 is 4.74 Å². The van der Waals surface area contributed by atoms with Gasteiger partial charge in [0.25, 0.3) is 0 Å². The van der Waals surface area contributed by atoms with Crippen LogP contribution < -0.4 is 15.4 Å². The largest absolute Gasteiger partial charge is 0.497 e. The fourth-order valence-electron chi connectivity index (χ4n) is 2.04. The highest BCUT2D eigenvalue weighted by Gasteiger charge is 2.21. The Hall–Kier alpha value is -1.71. The van der Waals surface area contributed by atoms with E-state index < -0.39 is 0 Å². The molecule has 0 unspecified atom stereocenters. The van der Waals surface area contributed by atoms with E-state index in [1.807, 2.05) is 12.1 Å². The molecule has 0 radical (unpaired) electrons. The lowest BCUT2D eigenvalue weighted by molar-refractivity contribution is 0.414. The van der Waals surface area contributed by atoms with Gasteiger partial charge in [0.2, 0.25) is 0 Å². The van der Waals surface area contributed by atoms with Crippen molar-refractivity contribution in [1.82, 2.24) is 10.6 Å². The third-order valence-electron chi connectivity index (χ3n) is 3.29. The van der Waals surface area contributed by atoms with Gasteiger partial charge >= 0.3 is 0 Å². The number of aryl methyl sites for hydroxylation is 1. The summed E-state index contributed by atoms with van der Waals surface area (Å²) in [6, 6.07) is 8.89. The number of ether oxygens (including phenoxy) is 1. The van der Waals surface area contributed by atoms with Crippen molar-refractivity contribution in [3.8, 4) is 5.75 Å². The molecule has 0 heterocycles. The molecule has 0 bridgehead atoms. The van der Waals surface area contributed by atoms with Gasteiger partial charge in [-0.2, -0.15) is 0 Å². The maximum absolute atomic E-state index is 5.23. The highest BCUT2D eigenvalue weighted by atomic mass is 16.5. The standard InChI is InChI=1S/C16H25N3O/c1-3-17-16(19-14-9-10-14)18-11-5-7-13-6-4-8-15(12-13)20-2/h4,6,8,12,14H,3,5,7,9-11H2,1-2H3,(H2,17,18,19). The number of hydrogen-bond donors (Lipinski definition) is 2. The second-order valence-corrected chi connectivity index (χ2v) is 5.13. The van der Waals surface area contributed by atoms with Gasteiger partial charge in [-0.3, -0.25) is 4.99 Å². The number of rotatable bonds is 7. The summed E-state index contributed by atoms with van der Waals surface area (Å²) >= 11 is 0. The molecule has 4 heteroatoms. The molecule has 1 aliphatic carbocycles. The summed E-state index contributed by atoms with van der Waals surface area (Å²) in [6.45, 7) is 3.86. The summed E-state index contributed by atoms with van der Waals surface area (Å²) in [7, 11) is 1.70. The van der Waals surface area contributed by atoms with E-state index in [-0.39, 0.29) is 0 Å². The first-order chi connectivity index (χ1) is 9.81. The van der Waals surface area contributed by atoms with Crippen molar-refractivity contribution >= 4 is 5.96 Å². The molecular formula is C16H25N3O. The van der Waals surface area contributed by atoms with Gasteiger partial charge in [-0.25, -0.2) is 0 Å². The summed E-state index contributed by atoms with van der Waals surface area (Å²) < 4.78 is 5.23. The Kier molecular flexibility index (Phi) is 5.71. The minimum Gasteiger partial charge on any atom is -0.497 e. The molecule has 4 nitrogen and oxygen atoms in total. The molecule has 2 rings (SSSR count). The molecule has 20 heavy (non-hydrogen) atoms. The van der Waals surface area contributed by atoms with Crippen LogP contribution in [0.1, 0.15) is 31.7 Å². The molecule has 1 aromatic rings. The number of guanidine groups is 1. The zero-order valence-corrected chi connectivity index (χ0v) is 12.5. The maximum atomic E-state index is 5.23. The van der Waals surface area contributed by atoms with E-state index in [9.17, 15) is 0 Å².